The molecule has 1 rings (SSSR count). The molecule has 0 atom stereocenters. The smallest absolute Gasteiger partial charge is 0.247 e. The first-order valence-electron chi connectivity index (χ1n) is 3.67. The van der Waals surface area contributed by atoms with Gasteiger partial charge in [0.2, 0.25) is 0 Å². The van der Waals surface area contributed by atoms with E-state index in [1.165, 1.54) is 6.07 Å². The maximum atomic E-state index is 12.3. The van der Waals surface area contributed by atoms with Crippen LogP contribution in [0.3, 0.4) is 0 Å². The van der Waals surface area contributed by atoms with Crippen LogP contribution in [0, 0.1) is 0 Å². The molecule has 1 nitrogen and oxygen atoms in total. The van der Waals surface area contributed by atoms with E-state index in [4.69, 9.17) is 0 Å². The second kappa shape index (κ2) is 3.65. The minimum absolute atomic E-state index is 0.0165. The maximum absolute atomic E-state index is 12.3. The molecule has 0 fully saturated rings. The molecule has 1 aromatic heterocycles. The molecule has 13 heavy (non-hydrogen) atoms. The van der Waals surface area contributed by atoms with Crippen LogP contribution in [0.2, 0.25) is 0 Å². The lowest BCUT2D eigenvalue weighted by atomic mass is 10.2. The number of halogens is 4. The Balaban J connectivity index is 3.19. The second-order valence-corrected chi connectivity index (χ2v) is 3.34. The van der Waals surface area contributed by atoms with Crippen LogP contribution in [-0.4, -0.2) is 4.98 Å². The number of hydrogen-bond donors (Lipinski definition) is 0. The fourth-order valence-corrected chi connectivity index (χ4v) is 1.32. The molecule has 1 heterocycles. The van der Waals surface area contributed by atoms with Crippen LogP contribution < -0.4 is 0 Å². The molecular formula is C8H7BrF3N. The minimum Gasteiger partial charge on any atom is -0.247 e. The van der Waals surface area contributed by atoms with Crippen molar-refractivity contribution in [1.82, 2.24) is 4.98 Å². The molecule has 0 unspecified atom stereocenters. The third-order valence-corrected chi connectivity index (χ3v) is 2.17. The van der Waals surface area contributed by atoms with Gasteiger partial charge in [-0.15, -0.1) is 0 Å². The summed E-state index contributed by atoms with van der Waals surface area (Å²) in [7, 11) is 0. The summed E-state index contributed by atoms with van der Waals surface area (Å²) in [6.45, 7) is 1.76. The third kappa shape index (κ3) is 2.43. The number of rotatable bonds is 1. The predicted molar refractivity (Wildman–Crippen MR) is 46.3 cm³/mol. The first-order chi connectivity index (χ1) is 5.95. The highest BCUT2D eigenvalue weighted by Gasteiger charge is 2.34. The molecule has 0 amide bonds. The number of nitrogens with zero attached hydrogens (tertiary/aromatic N) is 1. The van der Waals surface area contributed by atoms with Crippen molar-refractivity contribution in [3.05, 3.63) is 28.0 Å². The summed E-state index contributed by atoms with van der Waals surface area (Å²) < 4.78 is 36.8. The standard InChI is InChI=1S/C8H7BrF3N/c1-2-5-3-4-6(9)7(13-5)8(10,11)12/h3-4H,2H2,1H3. The Kier molecular flexibility index (Phi) is 2.95. The van der Waals surface area contributed by atoms with Gasteiger partial charge in [0, 0.05) is 10.2 Å². The molecule has 0 radical (unpaired) electrons. The molecule has 5 heteroatoms. The zero-order valence-electron chi connectivity index (χ0n) is 6.82. The van der Waals surface area contributed by atoms with Gasteiger partial charge >= 0.3 is 6.18 Å². The monoisotopic (exact) mass is 253 g/mol. The van der Waals surface area contributed by atoms with Crippen LogP contribution in [0.25, 0.3) is 0 Å². The Morgan fingerprint density at radius 3 is 2.46 bits per heavy atom. The normalized spacial score (nSPS) is 11.8. The van der Waals surface area contributed by atoms with Gasteiger partial charge in [0.25, 0.3) is 0 Å². The third-order valence-electron chi connectivity index (χ3n) is 1.53. The van der Waals surface area contributed by atoms with E-state index in [9.17, 15) is 13.2 Å². The van der Waals surface area contributed by atoms with Crippen molar-refractivity contribution in [3.8, 4) is 0 Å². The number of hydrogen-bond acceptors (Lipinski definition) is 1. The lowest BCUT2D eigenvalue weighted by Crippen LogP contribution is -2.10. The van der Waals surface area contributed by atoms with Gasteiger partial charge < -0.3 is 0 Å². The van der Waals surface area contributed by atoms with E-state index in [1.54, 1.807) is 13.0 Å². The Hall–Kier alpha value is -0.580. The first-order valence-corrected chi connectivity index (χ1v) is 4.47. The molecule has 72 valence electrons. The SMILES string of the molecule is CCc1ccc(Br)c(C(F)(F)F)n1. The van der Waals surface area contributed by atoms with E-state index in [1.807, 2.05) is 0 Å². The number of alkyl halides is 3. The summed E-state index contributed by atoms with van der Waals surface area (Å²) in [5, 5.41) is 0. The average Bonchev–Trinajstić information content (AvgIpc) is 2.03. The lowest BCUT2D eigenvalue weighted by Gasteiger charge is -2.08. The van der Waals surface area contributed by atoms with E-state index in [0.29, 0.717) is 12.1 Å². The molecule has 0 bridgehead atoms. The number of aryl methyl sites for hydroxylation is 1. The van der Waals surface area contributed by atoms with E-state index in [0.717, 1.165) is 0 Å². The summed E-state index contributed by atoms with van der Waals surface area (Å²) in [5.74, 6) is 0. The van der Waals surface area contributed by atoms with Crippen molar-refractivity contribution >= 4 is 15.9 Å². The fraction of sp³-hybridized carbons (Fsp3) is 0.375. The van der Waals surface area contributed by atoms with Gasteiger partial charge in [0.05, 0.1) is 0 Å². The first kappa shape index (κ1) is 10.5. The lowest BCUT2D eigenvalue weighted by molar-refractivity contribution is -0.141. The zero-order chi connectivity index (χ0) is 10.1. The molecule has 0 aliphatic rings. The molecule has 0 saturated carbocycles. The maximum Gasteiger partial charge on any atom is 0.434 e. The summed E-state index contributed by atoms with van der Waals surface area (Å²) in [4.78, 5) is 3.49. The van der Waals surface area contributed by atoms with Gasteiger partial charge in [0.15, 0.2) is 5.69 Å². The summed E-state index contributed by atoms with van der Waals surface area (Å²) >= 11 is 2.81. The molecule has 0 aliphatic heterocycles. The van der Waals surface area contributed by atoms with Gasteiger partial charge in [-0.3, -0.25) is 0 Å². The van der Waals surface area contributed by atoms with Crippen LogP contribution in [0.5, 0.6) is 0 Å². The van der Waals surface area contributed by atoms with Gasteiger partial charge in [-0.2, -0.15) is 13.2 Å². The van der Waals surface area contributed by atoms with Crippen molar-refractivity contribution in [2.75, 3.05) is 0 Å². The molecule has 0 N–H and O–H groups in total. The summed E-state index contributed by atoms with van der Waals surface area (Å²) in [5.41, 5.74) is -0.414. The molecule has 0 aromatic carbocycles. The Morgan fingerprint density at radius 1 is 1.38 bits per heavy atom. The molecule has 0 saturated heterocycles. The van der Waals surface area contributed by atoms with Crippen LogP contribution >= 0.6 is 15.9 Å². The molecule has 0 aliphatic carbocycles. The number of pyridine rings is 1. The zero-order valence-corrected chi connectivity index (χ0v) is 8.41. The topological polar surface area (TPSA) is 12.9 Å². The highest BCUT2D eigenvalue weighted by Crippen LogP contribution is 2.33. The summed E-state index contributed by atoms with van der Waals surface area (Å²) in [6.07, 6.45) is -3.89. The van der Waals surface area contributed by atoms with Crippen LogP contribution in [-0.2, 0) is 12.6 Å². The Bertz CT molecular complexity index is 309. The second-order valence-electron chi connectivity index (χ2n) is 2.48. The van der Waals surface area contributed by atoms with Crippen molar-refractivity contribution < 1.29 is 13.2 Å². The van der Waals surface area contributed by atoms with Crippen molar-refractivity contribution in [2.24, 2.45) is 0 Å². The highest BCUT2D eigenvalue weighted by atomic mass is 79.9. The fourth-order valence-electron chi connectivity index (χ4n) is 0.878. The van der Waals surface area contributed by atoms with Gasteiger partial charge in [-0.05, 0) is 34.5 Å². The Labute approximate surface area is 82.1 Å². The van der Waals surface area contributed by atoms with Gasteiger partial charge in [-0.1, -0.05) is 6.92 Å². The van der Waals surface area contributed by atoms with Crippen LogP contribution in [0.4, 0.5) is 13.2 Å². The highest BCUT2D eigenvalue weighted by molar-refractivity contribution is 9.10. The molecular weight excluding hydrogens is 247 g/mol. The Morgan fingerprint density at radius 2 is 2.00 bits per heavy atom. The summed E-state index contributed by atoms with van der Waals surface area (Å²) in [6, 6.07) is 2.94. The van der Waals surface area contributed by atoms with E-state index >= 15 is 0 Å². The van der Waals surface area contributed by atoms with E-state index in [2.05, 4.69) is 20.9 Å². The number of aromatic nitrogens is 1. The molecule has 1 aromatic rings. The minimum atomic E-state index is -4.38. The van der Waals surface area contributed by atoms with Gasteiger partial charge in [-0.25, -0.2) is 4.98 Å². The average molecular weight is 254 g/mol. The van der Waals surface area contributed by atoms with Gasteiger partial charge in [0.1, 0.15) is 0 Å². The van der Waals surface area contributed by atoms with Crippen molar-refractivity contribution in [3.63, 3.8) is 0 Å². The van der Waals surface area contributed by atoms with Crippen molar-refractivity contribution in [2.45, 2.75) is 19.5 Å². The quantitative estimate of drug-likeness (QED) is 0.748. The molecule has 0 spiro atoms. The van der Waals surface area contributed by atoms with Crippen LogP contribution in [0.15, 0.2) is 16.6 Å². The van der Waals surface area contributed by atoms with Crippen LogP contribution in [0.1, 0.15) is 18.3 Å². The van der Waals surface area contributed by atoms with Crippen molar-refractivity contribution in [1.29, 1.82) is 0 Å². The van der Waals surface area contributed by atoms with E-state index in [-0.39, 0.29) is 4.47 Å². The van der Waals surface area contributed by atoms with E-state index < -0.39 is 11.9 Å². The largest absolute Gasteiger partial charge is 0.434 e. The predicted octanol–water partition coefficient (Wildman–Crippen LogP) is 3.43.